The van der Waals surface area contributed by atoms with Crippen LogP contribution in [0.25, 0.3) is 0 Å². The summed E-state index contributed by atoms with van der Waals surface area (Å²) in [6.45, 7) is 3.25. The van der Waals surface area contributed by atoms with E-state index < -0.39 is 0 Å². The quantitative estimate of drug-likeness (QED) is 0.875. The Morgan fingerprint density at radius 2 is 2.32 bits per heavy atom. The van der Waals surface area contributed by atoms with Crippen LogP contribution in [0.5, 0.6) is 0 Å². The molecule has 0 saturated carbocycles. The Hall–Kier alpha value is -1.11. The summed E-state index contributed by atoms with van der Waals surface area (Å²) in [7, 11) is 1.85. The minimum Gasteiger partial charge on any atom is -0.393 e. The summed E-state index contributed by atoms with van der Waals surface area (Å²) in [5.74, 6) is 0.959. The summed E-state index contributed by atoms with van der Waals surface area (Å²) in [5, 5.41) is 2.96. The summed E-state index contributed by atoms with van der Waals surface area (Å²) in [6.07, 6.45) is 3.65. The normalized spacial score (nSPS) is 18.3. The first-order valence-electron chi connectivity index (χ1n) is 6.29. The Balaban J connectivity index is 2.16. The highest BCUT2D eigenvalue weighted by Crippen LogP contribution is 2.25. The molecule has 0 aliphatic carbocycles. The Morgan fingerprint density at radius 3 is 3.00 bits per heavy atom. The molecule has 6 heteroatoms. The Morgan fingerprint density at radius 1 is 1.58 bits per heavy atom. The third-order valence-electron chi connectivity index (χ3n) is 3.04. The number of rotatable bonds is 4. The zero-order valence-electron chi connectivity index (χ0n) is 11.0. The number of nitrogens with zero attached hydrogens (tertiary/aromatic N) is 2. The molecule has 0 aromatic carbocycles. The number of pyridine rings is 1. The number of ether oxygens (including phenoxy) is 1. The fraction of sp³-hybridized carbons (Fsp3) is 0.462. The minimum absolute atomic E-state index is 0.185. The Kier molecular flexibility index (Phi) is 5.18. The SMILES string of the molecule is CN/C=C(/Br)C(N)c1ccnc(N2CCOCC2)c1. The molecule has 1 aromatic rings. The van der Waals surface area contributed by atoms with E-state index in [4.69, 9.17) is 10.5 Å². The number of aromatic nitrogens is 1. The lowest BCUT2D eigenvalue weighted by molar-refractivity contribution is 0.122. The van der Waals surface area contributed by atoms with Crippen LogP contribution in [0.4, 0.5) is 5.82 Å². The molecule has 1 aromatic heterocycles. The maximum atomic E-state index is 6.20. The number of halogens is 1. The minimum atomic E-state index is -0.185. The van der Waals surface area contributed by atoms with Crippen LogP contribution < -0.4 is 16.0 Å². The highest BCUT2D eigenvalue weighted by atomic mass is 79.9. The number of nitrogens with one attached hydrogen (secondary N) is 1. The van der Waals surface area contributed by atoms with Crippen molar-refractivity contribution in [1.82, 2.24) is 10.3 Å². The van der Waals surface area contributed by atoms with Gasteiger partial charge in [0, 0.05) is 37.0 Å². The fourth-order valence-electron chi connectivity index (χ4n) is 1.98. The molecule has 0 bridgehead atoms. The van der Waals surface area contributed by atoms with Gasteiger partial charge in [0.2, 0.25) is 0 Å². The van der Waals surface area contributed by atoms with Gasteiger partial charge in [0.25, 0.3) is 0 Å². The van der Waals surface area contributed by atoms with Crippen LogP contribution in [-0.2, 0) is 4.74 Å². The van der Waals surface area contributed by atoms with E-state index in [2.05, 4.69) is 31.1 Å². The van der Waals surface area contributed by atoms with E-state index in [0.717, 1.165) is 42.2 Å². The number of nitrogens with two attached hydrogens (primary N) is 1. The van der Waals surface area contributed by atoms with Gasteiger partial charge in [0.1, 0.15) is 5.82 Å². The van der Waals surface area contributed by atoms with Gasteiger partial charge in [-0.2, -0.15) is 0 Å². The van der Waals surface area contributed by atoms with Crippen LogP contribution in [0, 0.1) is 0 Å². The van der Waals surface area contributed by atoms with Gasteiger partial charge >= 0.3 is 0 Å². The molecule has 0 spiro atoms. The topological polar surface area (TPSA) is 63.4 Å². The van der Waals surface area contributed by atoms with E-state index in [1.54, 1.807) is 6.20 Å². The molecule has 1 saturated heterocycles. The molecule has 2 rings (SSSR count). The second-order valence-electron chi connectivity index (χ2n) is 4.34. The third kappa shape index (κ3) is 3.68. The summed E-state index contributed by atoms with van der Waals surface area (Å²) >= 11 is 3.48. The number of hydrogen-bond acceptors (Lipinski definition) is 5. The summed E-state index contributed by atoms with van der Waals surface area (Å²) in [4.78, 5) is 6.63. The molecule has 104 valence electrons. The molecule has 0 amide bonds. The molecular formula is C13H19BrN4O. The summed E-state index contributed by atoms with van der Waals surface area (Å²) in [5.41, 5.74) is 7.23. The van der Waals surface area contributed by atoms with E-state index in [1.807, 2.05) is 25.4 Å². The van der Waals surface area contributed by atoms with Crippen LogP contribution in [0.1, 0.15) is 11.6 Å². The molecule has 0 radical (unpaired) electrons. The van der Waals surface area contributed by atoms with Gasteiger partial charge in [0.05, 0.1) is 19.3 Å². The highest BCUT2D eigenvalue weighted by molar-refractivity contribution is 9.11. The maximum Gasteiger partial charge on any atom is 0.128 e. The van der Waals surface area contributed by atoms with Gasteiger partial charge in [-0.25, -0.2) is 4.98 Å². The zero-order chi connectivity index (χ0) is 13.7. The lowest BCUT2D eigenvalue weighted by Gasteiger charge is -2.28. The second-order valence-corrected chi connectivity index (χ2v) is 5.26. The monoisotopic (exact) mass is 326 g/mol. The number of hydrogen-bond donors (Lipinski definition) is 2. The molecule has 19 heavy (non-hydrogen) atoms. The second kappa shape index (κ2) is 6.88. The van der Waals surface area contributed by atoms with Gasteiger partial charge in [-0.3, -0.25) is 0 Å². The first kappa shape index (κ1) is 14.3. The summed E-state index contributed by atoms with van der Waals surface area (Å²) < 4.78 is 6.26. The van der Waals surface area contributed by atoms with Crippen molar-refractivity contribution in [1.29, 1.82) is 0 Å². The van der Waals surface area contributed by atoms with Crippen molar-refractivity contribution in [3.8, 4) is 0 Å². The van der Waals surface area contributed by atoms with Gasteiger partial charge in [-0.05, 0) is 17.7 Å². The van der Waals surface area contributed by atoms with E-state index in [-0.39, 0.29) is 6.04 Å². The molecule has 1 aliphatic rings. The molecule has 1 fully saturated rings. The Bertz CT molecular complexity index is 446. The van der Waals surface area contributed by atoms with Crippen LogP contribution >= 0.6 is 15.9 Å². The average Bonchev–Trinajstić information content (AvgIpc) is 2.48. The van der Waals surface area contributed by atoms with Crippen LogP contribution in [0.15, 0.2) is 29.0 Å². The first-order valence-corrected chi connectivity index (χ1v) is 7.08. The predicted molar refractivity (Wildman–Crippen MR) is 80.3 cm³/mol. The van der Waals surface area contributed by atoms with Crippen molar-refractivity contribution in [3.63, 3.8) is 0 Å². The summed E-state index contributed by atoms with van der Waals surface area (Å²) in [6, 6.07) is 3.80. The van der Waals surface area contributed by atoms with Crippen LogP contribution in [0.3, 0.4) is 0 Å². The van der Waals surface area contributed by atoms with E-state index >= 15 is 0 Å². The van der Waals surface area contributed by atoms with Crippen molar-refractivity contribution in [2.24, 2.45) is 5.73 Å². The molecule has 5 nitrogen and oxygen atoms in total. The number of morpholine rings is 1. The maximum absolute atomic E-state index is 6.20. The molecule has 1 aliphatic heterocycles. The molecule has 2 heterocycles. The zero-order valence-corrected chi connectivity index (χ0v) is 12.6. The standard InChI is InChI=1S/C13H19BrN4O/c1-16-9-11(14)13(15)10-2-3-17-12(8-10)18-4-6-19-7-5-18/h2-3,8-9,13,16H,4-7,15H2,1H3/b11-9+. The van der Waals surface area contributed by atoms with E-state index in [0.29, 0.717) is 0 Å². The Labute approximate surface area is 122 Å². The van der Waals surface area contributed by atoms with Crippen molar-refractivity contribution in [3.05, 3.63) is 34.6 Å². The van der Waals surface area contributed by atoms with Gasteiger partial charge in [-0.15, -0.1) is 0 Å². The lowest BCUT2D eigenvalue weighted by Crippen LogP contribution is -2.36. The van der Waals surface area contributed by atoms with Crippen molar-refractivity contribution in [2.45, 2.75) is 6.04 Å². The van der Waals surface area contributed by atoms with E-state index in [1.165, 1.54) is 0 Å². The van der Waals surface area contributed by atoms with Gasteiger partial charge < -0.3 is 20.7 Å². The smallest absolute Gasteiger partial charge is 0.128 e. The number of anilines is 1. The highest BCUT2D eigenvalue weighted by Gasteiger charge is 2.15. The largest absolute Gasteiger partial charge is 0.393 e. The van der Waals surface area contributed by atoms with Crippen molar-refractivity contribution >= 4 is 21.7 Å². The van der Waals surface area contributed by atoms with Gasteiger partial charge in [0.15, 0.2) is 0 Å². The van der Waals surface area contributed by atoms with Gasteiger partial charge in [-0.1, -0.05) is 15.9 Å². The fourth-order valence-corrected chi connectivity index (χ4v) is 2.47. The molecule has 1 unspecified atom stereocenters. The van der Waals surface area contributed by atoms with Crippen molar-refractivity contribution in [2.75, 3.05) is 38.3 Å². The van der Waals surface area contributed by atoms with Crippen molar-refractivity contribution < 1.29 is 4.74 Å². The average molecular weight is 327 g/mol. The molecule has 1 atom stereocenters. The van der Waals surface area contributed by atoms with Crippen LogP contribution in [0.2, 0.25) is 0 Å². The molecule has 3 N–H and O–H groups in total. The van der Waals surface area contributed by atoms with E-state index in [9.17, 15) is 0 Å². The lowest BCUT2D eigenvalue weighted by atomic mass is 10.1. The molecular weight excluding hydrogens is 308 g/mol. The first-order chi connectivity index (χ1) is 9.22. The van der Waals surface area contributed by atoms with Crippen LogP contribution in [-0.4, -0.2) is 38.3 Å². The third-order valence-corrected chi connectivity index (χ3v) is 3.77. The predicted octanol–water partition coefficient (Wildman–Crippen LogP) is 1.37.